The summed E-state index contributed by atoms with van der Waals surface area (Å²) in [5.74, 6) is -0.0957. The van der Waals surface area contributed by atoms with Gasteiger partial charge in [0.15, 0.2) is 0 Å². The SMILES string of the molecule is O=C(NCC1CCCCO1)c1ccc(Br)cc1S. The van der Waals surface area contributed by atoms with Crippen molar-refractivity contribution in [2.75, 3.05) is 13.2 Å². The molecule has 1 fully saturated rings. The number of amides is 1. The third-order valence-corrected chi connectivity index (χ3v) is 3.83. The molecular weight excluding hydrogens is 314 g/mol. The fraction of sp³-hybridized carbons (Fsp3) is 0.462. The van der Waals surface area contributed by atoms with Crippen molar-refractivity contribution in [3.63, 3.8) is 0 Å². The highest BCUT2D eigenvalue weighted by Crippen LogP contribution is 2.20. The largest absolute Gasteiger partial charge is 0.376 e. The third kappa shape index (κ3) is 3.73. The fourth-order valence-corrected chi connectivity index (χ4v) is 2.82. The number of hydrogen-bond acceptors (Lipinski definition) is 3. The van der Waals surface area contributed by atoms with E-state index in [4.69, 9.17) is 4.74 Å². The molecule has 1 heterocycles. The second-order valence-electron chi connectivity index (χ2n) is 4.36. The number of ether oxygens (including phenoxy) is 1. The molecule has 1 aliphatic rings. The number of hydrogen-bond donors (Lipinski definition) is 2. The number of carbonyl (C=O) groups is 1. The lowest BCUT2D eigenvalue weighted by atomic mass is 10.1. The van der Waals surface area contributed by atoms with E-state index in [1.807, 2.05) is 12.1 Å². The van der Waals surface area contributed by atoms with E-state index < -0.39 is 0 Å². The van der Waals surface area contributed by atoms with Crippen molar-refractivity contribution in [3.05, 3.63) is 28.2 Å². The summed E-state index contributed by atoms with van der Waals surface area (Å²) in [6.45, 7) is 1.37. The van der Waals surface area contributed by atoms with Crippen LogP contribution in [0.25, 0.3) is 0 Å². The van der Waals surface area contributed by atoms with Gasteiger partial charge in [0.05, 0.1) is 11.7 Å². The molecule has 1 aliphatic heterocycles. The second-order valence-corrected chi connectivity index (χ2v) is 5.76. The lowest BCUT2D eigenvalue weighted by Crippen LogP contribution is -2.35. The van der Waals surface area contributed by atoms with Gasteiger partial charge in [-0.15, -0.1) is 12.6 Å². The number of nitrogens with one attached hydrogen (secondary N) is 1. The molecule has 1 unspecified atom stereocenters. The fourth-order valence-electron chi connectivity index (χ4n) is 1.97. The average Bonchev–Trinajstić information content (AvgIpc) is 2.37. The summed E-state index contributed by atoms with van der Waals surface area (Å²) in [6, 6.07) is 5.42. The van der Waals surface area contributed by atoms with Gasteiger partial charge < -0.3 is 10.1 Å². The van der Waals surface area contributed by atoms with Crippen LogP contribution in [0, 0.1) is 0 Å². The summed E-state index contributed by atoms with van der Waals surface area (Å²) in [7, 11) is 0. The quantitative estimate of drug-likeness (QED) is 0.836. The van der Waals surface area contributed by atoms with Crippen LogP contribution in [0.5, 0.6) is 0 Å². The molecule has 0 aliphatic carbocycles. The summed E-state index contributed by atoms with van der Waals surface area (Å²) in [5, 5.41) is 2.90. The maximum Gasteiger partial charge on any atom is 0.252 e. The molecule has 3 nitrogen and oxygen atoms in total. The number of benzene rings is 1. The van der Waals surface area contributed by atoms with Crippen LogP contribution in [0.3, 0.4) is 0 Å². The van der Waals surface area contributed by atoms with Gasteiger partial charge in [-0.2, -0.15) is 0 Å². The van der Waals surface area contributed by atoms with Crippen molar-refractivity contribution in [2.45, 2.75) is 30.3 Å². The van der Waals surface area contributed by atoms with E-state index >= 15 is 0 Å². The first kappa shape index (κ1) is 13.9. The summed E-state index contributed by atoms with van der Waals surface area (Å²) in [4.78, 5) is 12.7. The zero-order valence-electron chi connectivity index (χ0n) is 9.99. The van der Waals surface area contributed by atoms with Crippen molar-refractivity contribution in [1.29, 1.82) is 0 Å². The highest BCUT2D eigenvalue weighted by Gasteiger charge is 2.16. The van der Waals surface area contributed by atoms with Gasteiger partial charge in [0.25, 0.3) is 5.91 Å². The Morgan fingerprint density at radius 2 is 2.33 bits per heavy atom. The minimum atomic E-state index is -0.0957. The maximum absolute atomic E-state index is 12.0. The Bertz CT molecular complexity index is 433. The van der Waals surface area contributed by atoms with Crippen molar-refractivity contribution in [2.24, 2.45) is 0 Å². The van der Waals surface area contributed by atoms with Crippen molar-refractivity contribution in [3.8, 4) is 0 Å². The topological polar surface area (TPSA) is 38.3 Å². The molecule has 0 radical (unpaired) electrons. The minimum Gasteiger partial charge on any atom is -0.376 e. The molecule has 5 heteroatoms. The van der Waals surface area contributed by atoms with E-state index in [0.29, 0.717) is 17.0 Å². The van der Waals surface area contributed by atoms with Crippen LogP contribution in [0.1, 0.15) is 29.6 Å². The van der Waals surface area contributed by atoms with E-state index in [1.165, 1.54) is 6.42 Å². The lowest BCUT2D eigenvalue weighted by Gasteiger charge is -2.22. The summed E-state index contributed by atoms with van der Waals surface area (Å²) >= 11 is 7.65. The van der Waals surface area contributed by atoms with Crippen LogP contribution in [0.4, 0.5) is 0 Å². The normalized spacial score (nSPS) is 19.6. The van der Waals surface area contributed by atoms with Crippen LogP contribution in [0.2, 0.25) is 0 Å². The van der Waals surface area contributed by atoms with Crippen molar-refractivity contribution < 1.29 is 9.53 Å². The zero-order valence-corrected chi connectivity index (χ0v) is 12.5. The molecule has 1 N–H and O–H groups in total. The van der Waals surface area contributed by atoms with E-state index in [0.717, 1.165) is 23.9 Å². The Hall–Kier alpha value is -0.520. The predicted molar refractivity (Wildman–Crippen MR) is 77.3 cm³/mol. The molecule has 1 atom stereocenters. The predicted octanol–water partition coefficient (Wildman–Crippen LogP) is 3.04. The number of thiol groups is 1. The molecule has 2 rings (SSSR count). The molecule has 98 valence electrons. The molecule has 0 spiro atoms. The lowest BCUT2D eigenvalue weighted by molar-refractivity contribution is 0.0169. The van der Waals surface area contributed by atoms with Crippen LogP contribution in [0.15, 0.2) is 27.6 Å². The Morgan fingerprint density at radius 1 is 1.50 bits per heavy atom. The van der Waals surface area contributed by atoms with Crippen molar-refractivity contribution in [1.82, 2.24) is 5.32 Å². The highest BCUT2D eigenvalue weighted by molar-refractivity contribution is 9.10. The van der Waals surface area contributed by atoms with Gasteiger partial charge in [-0.25, -0.2) is 0 Å². The Balaban J connectivity index is 1.90. The Labute approximate surface area is 121 Å². The standard InChI is InChI=1S/C13H16BrNO2S/c14-9-4-5-11(12(18)7-9)13(16)15-8-10-3-1-2-6-17-10/h4-5,7,10,18H,1-3,6,8H2,(H,15,16). The van der Waals surface area contributed by atoms with Crippen LogP contribution in [-0.2, 0) is 4.74 Å². The van der Waals surface area contributed by atoms with Gasteiger partial charge in [0, 0.05) is 22.5 Å². The maximum atomic E-state index is 12.0. The molecule has 1 aromatic carbocycles. The Morgan fingerprint density at radius 3 is 3.00 bits per heavy atom. The van der Waals surface area contributed by atoms with Gasteiger partial charge in [0.1, 0.15) is 0 Å². The van der Waals surface area contributed by atoms with Crippen LogP contribution >= 0.6 is 28.6 Å². The molecule has 0 bridgehead atoms. The first-order valence-electron chi connectivity index (χ1n) is 6.05. The van der Waals surface area contributed by atoms with E-state index in [1.54, 1.807) is 6.07 Å². The summed E-state index contributed by atoms with van der Waals surface area (Å²) < 4.78 is 6.49. The number of halogens is 1. The molecule has 1 aromatic rings. The first-order valence-corrected chi connectivity index (χ1v) is 7.29. The van der Waals surface area contributed by atoms with Crippen LogP contribution < -0.4 is 5.32 Å². The zero-order chi connectivity index (χ0) is 13.0. The van der Waals surface area contributed by atoms with Gasteiger partial charge in [0.2, 0.25) is 0 Å². The van der Waals surface area contributed by atoms with Gasteiger partial charge >= 0.3 is 0 Å². The number of rotatable bonds is 3. The molecule has 1 saturated heterocycles. The third-order valence-electron chi connectivity index (χ3n) is 2.97. The van der Waals surface area contributed by atoms with Crippen LogP contribution in [-0.4, -0.2) is 25.2 Å². The van der Waals surface area contributed by atoms with Gasteiger partial charge in [-0.3, -0.25) is 4.79 Å². The van der Waals surface area contributed by atoms with Gasteiger partial charge in [-0.05, 0) is 37.5 Å². The van der Waals surface area contributed by atoms with Crippen molar-refractivity contribution >= 4 is 34.5 Å². The smallest absolute Gasteiger partial charge is 0.252 e. The van der Waals surface area contributed by atoms with E-state index in [-0.39, 0.29) is 12.0 Å². The molecule has 1 amide bonds. The Kier molecular flexibility index (Phi) is 5.09. The molecule has 0 aromatic heterocycles. The molecule has 0 saturated carbocycles. The summed E-state index contributed by atoms with van der Waals surface area (Å²) in [5.41, 5.74) is 0.595. The highest BCUT2D eigenvalue weighted by atomic mass is 79.9. The second kappa shape index (κ2) is 6.59. The minimum absolute atomic E-state index is 0.0957. The monoisotopic (exact) mass is 329 g/mol. The first-order chi connectivity index (χ1) is 8.66. The molecule has 18 heavy (non-hydrogen) atoms. The number of carbonyl (C=O) groups excluding carboxylic acids is 1. The van der Waals surface area contributed by atoms with E-state index in [2.05, 4.69) is 33.9 Å². The molecular formula is C13H16BrNO2S. The summed E-state index contributed by atoms with van der Waals surface area (Å²) in [6.07, 6.45) is 3.48. The average molecular weight is 330 g/mol. The van der Waals surface area contributed by atoms with Gasteiger partial charge in [-0.1, -0.05) is 15.9 Å². The van der Waals surface area contributed by atoms with E-state index in [9.17, 15) is 4.79 Å².